The summed E-state index contributed by atoms with van der Waals surface area (Å²) in [6.45, 7) is 6.54. The highest BCUT2D eigenvalue weighted by Crippen LogP contribution is 2.39. The van der Waals surface area contributed by atoms with Gasteiger partial charge in [0.2, 0.25) is 0 Å². The van der Waals surface area contributed by atoms with Crippen molar-refractivity contribution in [2.75, 3.05) is 20.1 Å². The molecule has 0 aliphatic carbocycles. The fourth-order valence-corrected chi connectivity index (χ4v) is 4.57. The summed E-state index contributed by atoms with van der Waals surface area (Å²) in [6.07, 6.45) is 4.25. The van der Waals surface area contributed by atoms with Crippen LogP contribution in [0.5, 0.6) is 5.75 Å². The molecule has 2 aliphatic rings. The Hall–Kier alpha value is -2.29. The number of nitrogens with zero attached hydrogens (tertiary/aromatic N) is 2. The first-order chi connectivity index (χ1) is 15.4. The zero-order valence-electron chi connectivity index (χ0n) is 19.8. The number of hydrogen-bond donors (Lipinski definition) is 2. The second-order valence-corrected chi connectivity index (χ2v) is 9.28. The van der Waals surface area contributed by atoms with Crippen LogP contribution >= 0.6 is 24.0 Å². The lowest BCUT2D eigenvalue weighted by molar-refractivity contribution is 0.0693. The molecule has 0 bridgehead atoms. The molecule has 0 spiro atoms. The minimum Gasteiger partial charge on any atom is -0.487 e. The van der Waals surface area contributed by atoms with Crippen LogP contribution in [-0.4, -0.2) is 42.5 Å². The highest BCUT2D eigenvalue weighted by Gasteiger charge is 2.34. The number of rotatable bonds is 4. The molecule has 2 aliphatic heterocycles. The van der Waals surface area contributed by atoms with E-state index in [4.69, 9.17) is 4.74 Å². The van der Waals surface area contributed by atoms with Gasteiger partial charge < -0.3 is 20.3 Å². The number of carbonyl (C=O) groups is 1. The number of halogens is 1. The topological polar surface area (TPSA) is 66.0 Å². The van der Waals surface area contributed by atoms with Crippen LogP contribution in [0.15, 0.2) is 53.5 Å². The van der Waals surface area contributed by atoms with Crippen molar-refractivity contribution in [3.63, 3.8) is 0 Å². The fraction of sp³-hybridized carbons (Fsp3) is 0.462. The summed E-state index contributed by atoms with van der Waals surface area (Å²) in [5.41, 5.74) is 2.70. The van der Waals surface area contributed by atoms with E-state index in [9.17, 15) is 4.79 Å². The molecule has 2 N–H and O–H groups in total. The van der Waals surface area contributed by atoms with Crippen molar-refractivity contribution in [1.29, 1.82) is 0 Å². The number of ether oxygens (including phenoxy) is 1. The SMILES string of the molecule is CN=C(NCc1cccc(C(=O)N2CCCCC2)c1)NC1CC(C)(C)Oc2ccccc21.I. The summed E-state index contributed by atoms with van der Waals surface area (Å²) < 4.78 is 6.14. The average molecular weight is 562 g/mol. The Balaban J connectivity index is 0.00000306. The predicted molar refractivity (Wildman–Crippen MR) is 143 cm³/mol. The maximum absolute atomic E-state index is 12.8. The van der Waals surface area contributed by atoms with Crippen molar-refractivity contribution in [1.82, 2.24) is 15.5 Å². The Bertz CT molecular complexity index is 986. The molecule has 2 heterocycles. The Kier molecular flexibility index (Phi) is 8.62. The van der Waals surface area contributed by atoms with E-state index in [1.165, 1.54) is 6.42 Å². The van der Waals surface area contributed by atoms with Crippen LogP contribution < -0.4 is 15.4 Å². The quantitative estimate of drug-likeness (QED) is 0.316. The molecule has 178 valence electrons. The van der Waals surface area contributed by atoms with Gasteiger partial charge >= 0.3 is 0 Å². The number of benzene rings is 2. The van der Waals surface area contributed by atoms with E-state index in [0.29, 0.717) is 6.54 Å². The Morgan fingerprint density at radius 1 is 1.12 bits per heavy atom. The molecule has 7 heteroatoms. The second kappa shape index (κ2) is 11.2. The first kappa shape index (κ1) is 25.3. The smallest absolute Gasteiger partial charge is 0.253 e. The fourth-order valence-electron chi connectivity index (χ4n) is 4.57. The first-order valence-electron chi connectivity index (χ1n) is 11.6. The lowest BCUT2D eigenvalue weighted by Crippen LogP contribution is -2.45. The van der Waals surface area contributed by atoms with Gasteiger partial charge in [-0.2, -0.15) is 0 Å². The van der Waals surface area contributed by atoms with E-state index in [0.717, 1.165) is 60.8 Å². The summed E-state index contributed by atoms with van der Waals surface area (Å²) >= 11 is 0. The first-order valence-corrected chi connectivity index (χ1v) is 11.6. The zero-order valence-corrected chi connectivity index (χ0v) is 22.1. The predicted octanol–water partition coefficient (Wildman–Crippen LogP) is 4.90. The lowest BCUT2D eigenvalue weighted by Gasteiger charge is -2.38. The van der Waals surface area contributed by atoms with Crippen molar-refractivity contribution in [2.24, 2.45) is 4.99 Å². The van der Waals surface area contributed by atoms with Gasteiger partial charge in [0.25, 0.3) is 5.91 Å². The maximum Gasteiger partial charge on any atom is 0.253 e. The third-order valence-electron chi connectivity index (χ3n) is 6.19. The minimum absolute atomic E-state index is 0. The van der Waals surface area contributed by atoms with Crippen molar-refractivity contribution in [3.05, 3.63) is 65.2 Å². The van der Waals surface area contributed by atoms with Crippen LogP contribution in [-0.2, 0) is 6.54 Å². The number of para-hydroxylation sites is 1. The van der Waals surface area contributed by atoms with E-state index < -0.39 is 0 Å². The van der Waals surface area contributed by atoms with Crippen LogP contribution in [0.1, 0.15) is 67.1 Å². The molecule has 0 aromatic heterocycles. The summed E-state index contributed by atoms with van der Waals surface area (Å²) in [5, 5.41) is 6.97. The molecule has 2 aromatic rings. The number of likely N-dealkylation sites (tertiary alicyclic amines) is 1. The Morgan fingerprint density at radius 3 is 2.64 bits per heavy atom. The normalized spacial score (nSPS) is 19.5. The van der Waals surface area contributed by atoms with Crippen molar-refractivity contribution >= 4 is 35.8 Å². The number of aliphatic imine (C=N–C) groups is 1. The third kappa shape index (κ3) is 6.40. The molecule has 1 unspecified atom stereocenters. The van der Waals surface area contributed by atoms with E-state index in [-0.39, 0.29) is 41.5 Å². The van der Waals surface area contributed by atoms with Gasteiger partial charge in [0, 0.05) is 44.2 Å². The molecular weight excluding hydrogens is 527 g/mol. The number of piperidine rings is 1. The highest BCUT2D eigenvalue weighted by atomic mass is 127. The molecule has 2 aromatic carbocycles. The lowest BCUT2D eigenvalue weighted by atomic mass is 9.90. The summed E-state index contributed by atoms with van der Waals surface area (Å²) in [7, 11) is 1.78. The number of fused-ring (bicyclic) bond motifs is 1. The Labute approximate surface area is 214 Å². The average Bonchev–Trinajstić information content (AvgIpc) is 2.81. The molecule has 33 heavy (non-hydrogen) atoms. The van der Waals surface area contributed by atoms with Crippen LogP contribution in [0.4, 0.5) is 0 Å². The van der Waals surface area contributed by atoms with Gasteiger partial charge in [0.05, 0.1) is 6.04 Å². The van der Waals surface area contributed by atoms with Gasteiger partial charge in [0.15, 0.2) is 5.96 Å². The van der Waals surface area contributed by atoms with E-state index >= 15 is 0 Å². The largest absolute Gasteiger partial charge is 0.487 e. The molecule has 0 radical (unpaired) electrons. The number of carbonyl (C=O) groups excluding carboxylic acids is 1. The van der Waals surface area contributed by atoms with Crippen LogP contribution in [0.2, 0.25) is 0 Å². The van der Waals surface area contributed by atoms with Crippen molar-refractivity contribution in [2.45, 2.75) is 57.7 Å². The summed E-state index contributed by atoms with van der Waals surface area (Å²) in [5.74, 6) is 1.78. The van der Waals surface area contributed by atoms with Crippen LogP contribution in [0, 0.1) is 0 Å². The van der Waals surface area contributed by atoms with E-state index in [1.54, 1.807) is 7.05 Å². The van der Waals surface area contributed by atoms with Gasteiger partial charge in [-0.3, -0.25) is 9.79 Å². The van der Waals surface area contributed by atoms with Gasteiger partial charge in [-0.25, -0.2) is 0 Å². The zero-order chi connectivity index (χ0) is 22.6. The van der Waals surface area contributed by atoms with Crippen molar-refractivity contribution in [3.8, 4) is 5.75 Å². The van der Waals surface area contributed by atoms with Crippen LogP contribution in [0.3, 0.4) is 0 Å². The molecule has 1 amide bonds. The number of amides is 1. The van der Waals surface area contributed by atoms with Gasteiger partial charge in [0.1, 0.15) is 11.4 Å². The van der Waals surface area contributed by atoms with Gasteiger partial charge in [-0.1, -0.05) is 30.3 Å². The molecule has 1 saturated heterocycles. The highest BCUT2D eigenvalue weighted by molar-refractivity contribution is 14.0. The van der Waals surface area contributed by atoms with Gasteiger partial charge in [-0.15, -0.1) is 24.0 Å². The minimum atomic E-state index is -0.256. The van der Waals surface area contributed by atoms with E-state index in [1.807, 2.05) is 47.4 Å². The number of nitrogens with one attached hydrogen (secondary N) is 2. The summed E-state index contributed by atoms with van der Waals surface area (Å²) in [4.78, 5) is 19.2. The molecule has 1 fully saturated rings. The van der Waals surface area contributed by atoms with Crippen LogP contribution in [0.25, 0.3) is 0 Å². The molecule has 6 nitrogen and oxygen atoms in total. The number of hydrogen-bond acceptors (Lipinski definition) is 3. The molecule has 4 rings (SSSR count). The number of guanidine groups is 1. The second-order valence-electron chi connectivity index (χ2n) is 9.28. The van der Waals surface area contributed by atoms with Gasteiger partial charge in [-0.05, 0) is 56.9 Å². The Morgan fingerprint density at radius 2 is 1.88 bits per heavy atom. The molecule has 1 atom stereocenters. The summed E-state index contributed by atoms with van der Waals surface area (Å²) in [6, 6.07) is 16.2. The maximum atomic E-state index is 12.8. The van der Waals surface area contributed by atoms with E-state index in [2.05, 4.69) is 35.5 Å². The molecule has 0 saturated carbocycles. The third-order valence-corrected chi connectivity index (χ3v) is 6.19. The molecular formula is C26H35IN4O2. The monoisotopic (exact) mass is 562 g/mol. The van der Waals surface area contributed by atoms with Crippen molar-refractivity contribution < 1.29 is 9.53 Å². The standard InChI is InChI=1S/C26H34N4O2.HI/c1-26(2)17-22(21-12-5-6-13-23(21)32-26)29-25(27-3)28-18-19-10-9-11-20(16-19)24(31)30-14-7-4-8-15-30;/h5-6,9-13,16,22H,4,7-8,14-15,17-18H2,1-3H3,(H2,27,28,29);1H.